The fourth-order valence-electron chi connectivity index (χ4n) is 3.62. The monoisotopic (exact) mass is 485 g/mol. The van der Waals surface area contributed by atoms with Crippen LogP contribution < -0.4 is 10.6 Å². The fourth-order valence-corrected chi connectivity index (χ4v) is 4.63. The second kappa shape index (κ2) is 10.6. The summed E-state index contributed by atoms with van der Waals surface area (Å²) in [6, 6.07) is 23.9. The second-order valence-electron chi connectivity index (χ2n) is 8.76. The molecule has 1 heterocycles. The number of rotatable bonds is 8. The molecule has 0 atom stereocenters. The number of benzene rings is 3. The van der Waals surface area contributed by atoms with Crippen LogP contribution in [0, 0.1) is 12.8 Å². The molecular weight excluding hydrogens is 458 g/mol. The number of hydrogen-bond acceptors (Lipinski definition) is 5. The molecule has 0 unspecified atom stereocenters. The van der Waals surface area contributed by atoms with Gasteiger partial charge in [-0.2, -0.15) is 0 Å². The molecule has 2 N–H and O–H groups in total. The third-order valence-corrected chi connectivity index (χ3v) is 6.41. The number of carbonyl (C=O) groups is 3. The minimum Gasteiger partial charge on any atom is -0.350 e. The summed E-state index contributed by atoms with van der Waals surface area (Å²) in [5.41, 5.74) is 3.24. The summed E-state index contributed by atoms with van der Waals surface area (Å²) in [6.45, 7) is 6.25. The molecule has 0 fully saturated rings. The van der Waals surface area contributed by atoms with E-state index in [0.717, 1.165) is 16.1 Å². The summed E-state index contributed by atoms with van der Waals surface area (Å²) in [7, 11) is 0. The number of aryl methyl sites for hydroxylation is 1. The van der Waals surface area contributed by atoms with Gasteiger partial charge in [0.25, 0.3) is 17.7 Å². The van der Waals surface area contributed by atoms with Crippen molar-refractivity contribution in [2.75, 3.05) is 17.2 Å². The van der Waals surface area contributed by atoms with E-state index in [4.69, 9.17) is 0 Å². The zero-order valence-electron chi connectivity index (χ0n) is 19.9. The van der Waals surface area contributed by atoms with Gasteiger partial charge in [0.15, 0.2) is 0 Å². The van der Waals surface area contributed by atoms with Crippen molar-refractivity contribution in [2.45, 2.75) is 25.7 Å². The summed E-state index contributed by atoms with van der Waals surface area (Å²) < 4.78 is 0. The zero-order chi connectivity index (χ0) is 24.9. The quantitative estimate of drug-likeness (QED) is 0.401. The highest BCUT2D eigenvalue weighted by Crippen LogP contribution is 2.37. The normalized spacial score (nSPS) is 13.5. The van der Waals surface area contributed by atoms with E-state index in [1.54, 1.807) is 24.3 Å². The van der Waals surface area contributed by atoms with E-state index in [1.165, 1.54) is 16.7 Å². The van der Waals surface area contributed by atoms with Crippen LogP contribution in [0.4, 0.5) is 11.4 Å². The maximum absolute atomic E-state index is 13.2. The minimum atomic E-state index is -0.334. The van der Waals surface area contributed by atoms with Crippen LogP contribution in [0.3, 0.4) is 0 Å². The lowest BCUT2D eigenvalue weighted by Crippen LogP contribution is -2.35. The van der Waals surface area contributed by atoms with E-state index >= 15 is 0 Å². The fraction of sp³-hybridized carbons (Fsp3) is 0.179. The van der Waals surface area contributed by atoms with Crippen LogP contribution in [0.25, 0.3) is 0 Å². The van der Waals surface area contributed by atoms with Crippen LogP contribution in [-0.2, 0) is 9.59 Å². The van der Waals surface area contributed by atoms with Crippen molar-refractivity contribution in [3.05, 3.63) is 101 Å². The second-order valence-corrected chi connectivity index (χ2v) is 9.84. The first-order chi connectivity index (χ1) is 16.8. The molecule has 7 heteroatoms. The van der Waals surface area contributed by atoms with Gasteiger partial charge in [-0.3, -0.25) is 19.3 Å². The first-order valence-electron chi connectivity index (χ1n) is 11.4. The largest absolute Gasteiger partial charge is 0.350 e. The number of imide groups is 1. The van der Waals surface area contributed by atoms with Gasteiger partial charge in [0.05, 0.1) is 0 Å². The van der Waals surface area contributed by atoms with Crippen molar-refractivity contribution >= 4 is 40.9 Å². The standard InChI is InChI=1S/C28H27N3O3S/c1-18(2)17-31-27(33)24(29-21-8-5-4-6-9-21)25(28(31)34)35-23-11-7-10-22(16-23)30-26(32)20-14-12-19(3)13-15-20/h4-16,18,29H,17H2,1-3H3,(H,30,32). The predicted molar refractivity (Wildman–Crippen MR) is 140 cm³/mol. The van der Waals surface area contributed by atoms with Gasteiger partial charge in [-0.1, -0.05) is 67.6 Å². The summed E-state index contributed by atoms with van der Waals surface area (Å²) in [4.78, 5) is 41.4. The molecule has 0 radical (unpaired) electrons. The van der Waals surface area contributed by atoms with Crippen LogP contribution in [0.15, 0.2) is 94.4 Å². The Kier molecular flexibility index (Phi) is 7.36. The van der Waals surface area contributed by atoms with Crippen molar-refractivity contribution in [3.8, 4) is 0 Å². The molecule has 0 saturated heterocycles. The lowest BCUT2D eigenvalue weighted by atomic mass is 10.1. The van der Waals surface area contributed by atoms with Gasteiger partial charge in [-0.15, -0.1) is 0 Å². The first kappa shape index (κ1) is 24.3. The molecule has 0 aromatic heterocycles. The molecule has 4 rings (SSSR count). The van der Waals surface area contributed by atoms with Gasteiger partial charge in [0.1, 0.15) is 10.6 Å². The van der Waals surface area contributed by atoms with Crippen LogP contribution in [-0.4, -0.2) is 29.2 Å². The highest BCUT2D eigenvalue weighted by Gasteiger charge is 2.39. The van der Waals surface area contributed by atoms with Crippen LogP contribution in [0.2, 0.25) is 0 Å². The maximum atomic E-state index is 13.2. The zero-order valence-corrected chi connectivity index (χ0v) is 20.7. The number of carbonyl (C=O) groups excluding carboxylic acids is 3. The molecule has 35 heavy (non-hydrogen) atoms. The van der Waals surface area contributed by atoms with Crippen molar-refractivity contribution in [3.63, 3.8) is 0 Å². The average molecular weight is 486 g/mol. The average Bonchev–Trinajstić information content (AvgIpc) is 3.04. The van der Waals surface area contributed by atoms with Crippen molar-refractivity contribution in [1.29, 1.82) is 0 Å². The Hall–Kier alpha value is -3.84. The van der Waals surface area contributed by atoms with Gasteiger partial charge < -0.3 is 10.6 Å². The Balaban J connectivity index is 1.59. The summed E-state index contributed by atoms with van der Waals surface area (Å²) in [6.07, 6.45) is 0. The molecule has 3 aromatic rings. The van der Waals surface area contributed by atoms with Crippen molar-refractivity contribution in [1.82, 2.24) is 4.90 Å². The van der Waals surface area contributed by atoms with E-state index in [-0.39, 0.29) is 29.3 Å². The van der Waals surface area contributed by atoms with E-state index < -0.39 is 0 Å². The number of para-hydroxylation sites is 1. The van der Waals surface area contributed by atoms with E-state index in [2.05, 4.69) is 10.6 Å². The molecule has 0 aliphatic carbocycles. The highest BCUT2D eigenvalue weighted by atomic mass is 32.2. The molecule has 0 bridgehead atoms. The lowest BCUT2D eigenvalue weighted by Gasteiger charge is -2.17. The summed E-state index contributed by atoms with van der Waals surface area (Å²) in [5.74, 6) is -0.723. The van der Waals surface area contributed by atoms with E-state index in [1.807, 2.05) is 75.4 Å². The number of thioether (sulfide) groups is 1. The van der Waals surface area contributed by atoms with Crippen LogP contribution in [0.5, 0.6) is 0 Å². The number of amides is 3. The predicted octanol–water partition coefficient (Wildman–Crippen LogP) is 5.69. The van der Waals surface area contributed by atoms with E-state index in [0.29, 0.717) is 22.7 Å². The maximum Gasteiger partial charge on any atom is 0.278 e. The van der Waals surface area contributed by atoms with Crippen molar-refractivity contribution < 1.29 is 14.4 Å². The Morgan fingerprint density at radius 3 is 2.26 bits per heavy atom. The number of hydrogen-bond donors (Lipinski definition) is 2. The summed E-state index contributed by atoms with van der Waals surface area (Å²) >= 11 is 1.21. The molecule has 6 nitrogen and oxygen atoms in total. The lowest BCUT2D eigenvalue weighted by molar-refractivity contribution is -0.137. The van der Waals surface area contributed by atoms with Gasteiger partial charge >= 0.3 is 0 Å². The van der Waals surface area contributed by atoms with Crippen LogP contribution >= 0.6 is 11.8 Å². The highest BCUT2D eigenvalue weighted by molar-refractivity contribution is 8.04. The van der Waals surface area contributed by atoms with Gasteiger partial charge in [0.2, 0.25) is 0 Å². The van der Waals surface area contributed by atoms with Gasteiger partial charge in [-0.05, 0) is 55.3 Å². The molecule has 178 valence electrons. The molecule has 0 spiro atoms. The number of nitrogens with one attached hydrogen (secondary N) is 2. The molecular formula is C28H27N3O3S. The SMILES string of the molecule is Cc1ccc(C(=O)Nc2cccc(SC3=C(Nc4ccccc4)C(=O)N(CC(C)C)C3=O)c2)cc1. The number of nitrogens with zero attached hydrogens (tertiary/aromatic N) is 1. The number of anilines is 2. The Morgan fingerprint density at radius 1 is 0.886 bits per heavy atom. The molecule has 0 saturated carbocycles. The Labute approximate surface area is 209 Å². The third kappa shape index (κ3) is 5.81. The first-order valence-corrected chi connectivity index (χ1v) is 12.2. The topological polar surface area (TPSA) is 78.5 Å². The van der Waals surface area contributed by atoms with Crippen LogP contribution in [0.1, 0.15) is 29.8 Å². The molecule has 1 aliphatic heterocycles. The van der Waals surface area contributed by atoms with Crippen molar-refractivity contribution in [2.24, 2.45) is 5.92 Å². The minimum absolute atomic E-state index is 0.144. The molecule has 3 amide bonds. The van der Waals surface area contributed by atoms with Gasteiger partial charge in [0, 0.05) is 28.4 Å². The smallest absolute Gasteiger partial charge is 0.278 e. The molecule has 3 aromatic carbocycles. The Morgan fingerprint density at radius 2 is 1.57 bits per heavy atom. The van der Waals surface area contributed by atoms with E-state index in [9.17, 15) is 14.4 Å². The Bertz CT molecular complexity index is 1280. The third-order valence-electron chi connectivity index (χ3n) is 5.34. The summed E-state index contributed by atoms with van der Waals surface area (Å²) in [5, 5.41) is 6.05. The van der Waals surface area contributed by atoms with Gasteiger partial charge in [-0.25, -0.2) is 0 Å². The molecule has 1 aliphatic rings.